The lowest BCUT2D eigenvalue weighted by Crippen LogP contribution is -2.27. The van der Waals surface area contributed by atoms with E-state index < -0.39 is 6.61 Å². The number of hydrogen-bond donors (Lipinski definition) is 0. The maximum atomic E-state index is 12.6. The van der Waals surface area contributed by atoms with Crippen molar-refractivity contribution in [3.05, 3.63) is 71.8 Å². The fraction of sp³-hybridized carbons (Fsp3) is 0.227. The molecular weight excluding hydrogens is 364 g/mol. The highest BCUT2D eigenvalue weighted by Gasteiger charge is 2.14. The minimum absolute atomic E-state index is 0.0357. The van der Waals surface area contributed by atoms with Gasteiger partial charge in [0, 0.05) is 13.6 Å². The first kappa shape index (κ1) is 19.6. The first-order valence-corrected chi connectivity index (χ1v) is 8.79. The van der Waals surface area contributed by atoms with Crippen LogP contribution in [0.5, 0.6) is 11.5 Å². The van der Waals surface area contributed by atoms with Crippen LogP contribution in [-0.4, -0.2) is 31.6 Å². The molecule has 28 heavy (non-hydrogen) atoms. The number of carbonyl (C=O) groups is 1. The van der Waals surface area contributed by atoms with Crippen molar-refractivity contribution in [3.63, 3.8) is 0 Å². The Morgan fingerprint density at radius 2 is 1.68 bits per heavy atom. The van der Waals surface area contributed by atoms with Gasteiger partial charge in [0.25, 0.3) is 0 Å². The highest BCUT2D eigenvalue weighted by atomic mass is 19.3. The van der Waals surface area contributed by atoms with Crippen LogP contribution in [0, 0.1) is 0 Å². The first-order valence-electron chi connectivity index (χ1n) is 8.79. The first-order chi connectivity index (χ1) is 13.5. The van der Waals surface area contributed by atoms with Gasteiger partial charge in [-0.05, 0) is 34.0 Å². The van der Waals surface area contributed by atoms with Gasteiger partial charge in [0.2, 0.25) is 5.91 Å². The Bertz CT molecular complexity index is 975. The normalized spacial score (nSPS) is 10.9. The minimum atomic E-state index is -2.93. The number of benzene rings is 3. The minimum Gasteiger partial charge on any atom is -0.493 e. The van der Waals surface area contributed by atoms with Crippen LogP contribution in [0.2, 0.25) is 0 Å². The van der Waals surface area contributed by atoms with E-state index in [1.165, 1.54) is 13.2 Å². The standard InChI is InChI=1S/C22H21F2NO3/c1-25(14-16-8-10-19(28-22(23)24)20(12-16)27-2)21(26)13-15-7-9-17-5-3-4-6-18(17)11-15/h3-12,22H,13-14H2,1-2H3. The highest BCUT2D eigenvalue weighted by molar-refractivity contribution is 5.85. The molecule has 0 aliphatic carbocycles. The molecule has 0 aromatic heterocycles. The molecule has 6 heteroatoms. The Labute approximate surface area is 162 Å². The highest BCUT2D eigenvalue weighted by Crippen LogP contribution is 2.29. The van der Waals surface area contributed by atoms with Crippen molar-refractivity contribution in [1.82, 2.24) is 4.90 Å². The summed E-state index contributed by atoms with van der Waals surface area (Å²) in [6.45, 7) is -2.59. The van der Waals surface area contributed by atoms with Crippen molar-refractivity contribution >= 4 is 16.7 Å². The van der Waals surface area contributed by atoms with Crippen LogP contribution in [0.3, 0.4) is 0 Å². The summed E-state index contributed by atoms with van der Waals surface area (Å²) in [4.78, 5) is 14.2. The van der Waals surface area contributed by atoms with Crippen LogP contribution in [0.1, 0.15) is 11.1 Å². The number of alkyl halides is 2. The van der Waals surface area contributed by atoms with Gasteiger partial charge in [-0.2, -0.15) is 8.78 Å². The second-order valence-corrected chi connectivity index (χ2v) is 6.47. The van der Waals surface area contributed by atoms with E-state index in [4.69, 9.17) is 4.74 Å². The lowest BCUT2D eigenvalue weighted by molar-refractivity contribution is -0.129. The second kappa shape index (κ2) is 8.69. The van der Waals surface area contributed by atoms with Gasteiger partial charge in [0.1, 0.15) is 0 Å². The zero-order chi connectivity index (χ0) is 20.1. The average molecular weight is 385 g/mol. The van der Waals surface area contributed by atoms with Crippen molar-refractivity contribution in [3.8, 4) is 11.5 Å². The summed E-state index contributed by atoms with van der Waals surface area (Å²) in [6, 6.07) is 18.6. The third-order valence-corrected chi connectivity index (χ3v) is 4.46. The number of methoxy groups -OCH3 is 1. The van der Waals surface area contributed by atoms with Crippen LogP contribution in [-0.2, 0) is 17.8 Å². The molecule has 0 fully saturated rings. The number of carbonyl (C=O) groups excluding carboxylic acids is 1. The Hall–Kier alpha value is -3.15. The Balaban J connectivity index is 1.67. The van der Waals surface area contributed by atoms with Gasteiger partial charge < -0.3 is 14.4 Å². The summed E-state index contributed by atoms with van der Waals surface area (Å²) >= 11 is 0. The van der Waals surface area contributed by atoms with Crippen molar-refractivity contribution in [1.29, 1.82) is 0 Å². The molecular formula is C22H21F2NO3. The predicted molar refractivity (Wildman–Crippen MR) is 104 cm³/mol. The van der Waals surface area contributed by atoms with E-state index in [2.05, 4.69) is 4.74 Å². The zero-order valence-electron chi connectivity index (χ0n) is 15.7. The molecule has 0 N–H and O–H groups in total. The number of amides is 1. The Morgan fingerprint density at radius 3 is 2.39 bits per heavy atom. The van der Waals surface area contributed by atoms with Crippen LogP contribution in [0.15, 0.2) is 60.7 Å². The number of hydrogen-bond acceptors (Lipinski definition) is 3. The van der Waals surface area contributed by atoms with Gasteiger partial charge in [-0.15, -0.1) is 0 Å². The quantitative estimate of drug-likeness (QED) is 0.594. The van der Waals surface area contributed by atoms with Crippen molar-refractivity contribution in [2.45, 2.75) is 19.6 Å². The van der Waals surface area contributed by atoms with Crippen LogP contribution in [0.4, 0.5) is 8.78 Å². The fourth-order valence-electron chi connectivity index (χ4n) is 3.02. The van der Waals surface area contributed by atoms with E-state index in [0.717, 1.165) is 21.9 Å². The smallest absolute Gasteiger partial charge is 0.387 e. The molecule has 0 radical (unpaired) electrons. The number of rotatable bonds is 7. The molecule has 4 nitrogen and oxygen atoms in total. The van der Waals surface area contributed by atoms with Gasteiger partial charge in [0.15, 0.2) is 11.5 Å². The van der Waals surface area contributed by atoms with Crippen molar-refractivity contribution in [2.75, 3.05) is 14.2 Å². The molecule has 0 aliphatic heterocycles. The van der Waals surface area contributed by atoms with Gasteiger partial charge in [-0.1, -0.05) is 48.5 Å². The number of fused-ring (bicyclic) bond motifs is 1. The lowest BCUT2D eigenvalue weighted by Gasteiger charge is -2.19. The van der Waals surface area contributed by atoms with E-state index in [-0.39, 0.29) is 23.8 Å². The zero-order valence-corrected chi connectivity index (χ0v) is 15.7. The van der Waals surface area contributed by atoms with Gasteiger partial charge in [-0.3, -0.25) is 4.79 Å². The summed E-state index contributed by atoms with van der Waals surface area (Å²) in [6.07, 6.45) is 0.283. The average Bonchev–Trinajstić information content (AvgIpc) is 2.68. The molecule has 0 bridgehead atoms. The third kappa shape index (κ3) is 4.76. The van der Waals surface area contributed by atoms with E-state index in [0.29, 0.717) is 6.54 Å². The van der Waals surface area contributed by atoms with Crippen molar-refractivity contribution < 1.29 is 23.0 Å². The summed E-state index contributed by atoms with van der Waals surface area (Å²) in [5, 5.41) is 2.22. The molecule has 3 aromatic rings. The monoisotopic (exact) mass is 385 g/mol. The Kier molecular flexibility index (Phi) is 6.09. The number of ether oxygens (including phenoxy) is 2. The summed E-state index contributed by atoms with van der Waals surface area (Å²) in [7, 11) is 3.09. The van der Waals surface area contributed by atoms with Gasteiger partial charge in [0.05, 0.1) is 13.5 Å². The van der Waals surface area contributed by atoms with E-state index in [1.54, 1.807) is 24.1 Å². The largest absolute Gasteiger partial charge is 0.493 e. The SMILES string of the molecule is COc1cc(CN(C)C(=O)Cc2ccc3ccccc3c2)ccc1OC(F)F. The number of nitrogens with zero attached hydrogens (tertiary/aromatic N) is 1. The molecule has 146 valence electrons. The molecule has 0 saturated carbocycles. The molecule has 0 spiro atoms. The summed E-state index contributed by atoms with van der Waals surface area (Å²) in [5.74, 6) is 0.127. The summed E-state index contributed by atoms with van der Waals surface area (Å²) < 4.78 is 34.4. The van der Waals surface area contributed by atoms with Crippen LogP contribution >= 0.6 is 0 Å². The van der Waals surface area contributed by atoms with Gasteiger partial charge in [-0.25, -0.2) is 0 Å². The molecule has 0 heterocycles. The second-order valence-electron chi connectivity index (χ2n) is 6.47. The fourth-order valence-corrected chi connectivity index (χ4v) is 3.02. The third-order valence-electron chi connectivity index (χ3n) is 4.46. The number of likely N-dealkylation sites (N-methyl/N-ethyl adjacent to an activating group) is 1. The van der Waals surface area contributed by atoms with E-state index in [9.17, 15) is 13.6 Å². The Morgan fingerprint density at radius 1 is 0.964 bits per heavy atom. The molecule has 3 aromatic carbocycles. The molecule has 1 amide bonds. The summed E-state index contributed by atoms with van der Waals surface area (Å²) in [5.41, 5.74) is 1.70. The van der Waals surface area contributed by atoms with Gasteiger partial charge >= 0.3 is 6.61 Å². The maximum absolute atomic E-state index is 12.6. The van der Waals surface area contributed by atoms with Crippen LogP contribution < -0.4 is 9.47 Å². The molecule has 0 unspecified atom stereocenters. The molecule has 3 rings (SSSR count). The van der Waals surface area contributed by atoms with Crippen LogP contribution in [0.25, 0.3) is 10.8 Å². The maximum Gasteiger partial charge on any atom is 0.387 e. The van der Waals surface area contributed by atoms with Crippen molar-refractivity contribution in [2.24, 2.45) is 0 Å². The predicted octanol–water partition coefficient (Wildman–Crippen LogP) is 4.65. The number of halogens is 2. The molecule has 0 saturated heterocycles. The lowest BCUT2D eigenvalue weighted by atomic mass is 10.0. The molecule has 0 aliphatic rings. The topological polar surface area (TPSA) is 38.8 Å². The van der Waals surface area contributed by atoms with E-state index in [1.807, 2.05) is 42.5 Å². The van der Waals surface area contributed by atoms with E-state index >= 15 is 0 Å². The molecule has 0 atom stereocenters.